The normalized spacial score (nSPS) is 11.3. The zero-order chi connectivity index (χ0) is 16.4. The quantitative estimate of drug-likeness (QED) is 0.800. The van der Waals surface area contributed by atoms with Crippen molar-refractivity contribution in [1.29, 1.82) is 0 Å². The number of nitrogen functional groups attached to an aromatic ring is 1. The summed E-state index contributed by atoms with van der Waals surface area (Å²) in [7, 11) is -3.22. The first-order valence-corrected chi connectivity index (χ1v) is 8.81. The van der Waals surface area contributed by atoms with Crippen molar-refractivity contribution in [3.63, 3.8) is 0 Å². The van der Waals surface area contributed by atoms with Crippen molar-refractivity contribution in [2.75, 3.05) is 12.0 Å². The van der Waals surface area contributed by atoms with Gasteiger partial charge in [-0.15, -0.1) is 0 Å². The Morgan fingerprint density at radius 2 is 1.70 bits per heavy atom. The van der Waals surface area contributed by atoms with Gasteiger partial charge in [0.05, 0.1) is 4.90 Å². The fourth-order valence-corrected chi connectivity index (χ4v) is 3.04. The topological polar surface area (TPSA) is 85.9 Å². The molecule has 0 saturated carbocycles. The first kappa shape index (κ1) is 15.2. The summed E-state index contributed by atoms with van der Waals surface area (Å²) < 4.78 is 23.2. The van der Waals surface area contributed by atoms with Crippen molar-refractivity contribution in [1.82, 2.24) is 9.97 Å². The molecule has 2 aromatic heterocycles. The van der Waals surface area contributed by atoms with Gasteiger partial charge < -0.3 is 5.73 Å². The average molecular weight is 325 g/mol. The molecule has 0 spiro atoms. The molecule has 0 radical (unpaired) electrons. The van der Waals surface area contributed by atoms with Gasteiger partial charge in [0.2, 0.25) is 0 Å². The molecule has 0 saturated heterocycles. The molecule has 0 fully saturated rings. The fourth-order valence-electron chi connectivity index (χ4n) is 2.41. The van der Waals surface area contributed by atoms with Gasteiger partial charge in [-0.2, -0.15) is 0 Å². The molecule has 6 heteroatoms. The predicted octanol–water partition coefficient (Wildman–Crippen LogP) is 2.80. The van der Waals surface area contributed by atoms with Gasteiger partial charge in [-0.25, -0.2) is 13.4 Å². The summed E-state index contributed by atoms with van der Waals surface area (Å²) in [4.78, 5) is 8.56. The molecule has 23 heavy (non-hydrogen) atoms. The van der Waals surface area contributed by atoms with E-state index in [9.17, 15) is 8.42 Å². The number of aromatic nitrogens is 2. The number of benzene rings is 1. The maximum Gasteiger partial charge on any atom is 0.175 e. The van der Waals surface area contributed by atoms with Crippen LogP contribution in [0, 0.1) is 0 Å². The largest absolute Gasteiger partial charge is 0.383 e. The highest BCUT2D eigenvalue weighted by molar-refractivity contribution is 7.90. The van der Waals surface area contributed by atoms with Crippen molar-refractivity contribution in [2.24, 2.45) is 0 Å². The number of sulfone groups is 1. The fraction of sp³-hybridized carbons (Fsp3) is 0.0588. The number of rotatable bonds is 3. The van der Waals surface area contributed by atoms with Crippen LogP contribution in [-0.2, 0) is 9.84 Å². The molecule has 1 aromatic carbocycles. The molecule has 3 aromatic rings. The van der Waals surface area contributed by atoms with E-state index in [0.717, 1.165) is 22.3 Å². The van der Waals surface area contributed by atoms with E-state index in [0.29, 0.717) is 5.82 Å². The van der Waals surface area contributed by atoms with Gasteiger partial charge in [0.15, 0.2) is 9.84 Å². The second-order valence-corrected chi connectivity index (χ2v) is 7.17. The predicted molar refractivity (Wildman–Crippen MR) is 90.4 cm³/mol. The standard InChI is InChI=1S/C17H15N3O2S/c1-23(21,22)14-6-4-12(5-7-14)15-8-10-20-17(18)16(15)13-3-2-9-19-11-13/h2-11H,1H3,(H2,18,20). The van der Waals surface area contributed by atoms with E-state index in [2.05, 4.69) is 9.97 Å². The molecule has 116 valence electrons. The molecule has 0 unspecified atom stereocenters. The number of hydrogen-bond donors (Lipinski definition) is 1. The molecular weight excluding hydrogens is 310 g/mol. The van der Waals surface area contributed by atoms with E-state index in [1.807, 2.05) is 18.2 Å². The molecule has 0 bridgehead atoms. The van der Waals surface area contributed by atoms with Gasteiger partial charge in [0.25, 0.3) is 0 Å². The summed E-state index contributed by atoms with van der Waals surface area (Å²) in [6, 6.07) is 12.3. The zero-order valence-electron chi connectivity index (χ0n) is 12.5. The van der Waals surface area contributed by atoms with Crippen LogP contribution in [0.4, 0.5) is 5.82 Å². The van der Waals surface area contributed by atoms with E-state index in [-0.39, 0.29) is 4.90 Å². The van der Waals surface area contributed by atoms with Crippen LogP contribution in [0.1, 0.15) is 0 Å². The maximum atomic E-state index is 11.6. The summed E-state index contributed by atoms with van der Waals surface area (Å²) in [6.45, 7) is 0. The van der Waals surface area contributed by atoms with Gasteiger partial charge >= 0.3 is 0 Å². The van der Waals surface area contributed by atoms with E-state index < -0.39 is 9.84 Å². The Hall–Kier alpha value is -2.73. The first-order chi connectivity index (χ1) is 11.0. The van der Waals surface area contributed by atoms with Crippen molar-refractivity contribution in [2.45, 2.75) is 4.90 Å². The van der Waals surface area contributed by atoms with Crippen LogP contribution in [0.5, 0.6) is 0 Å². The van der Waals surface area contributed by atoms with Crippen LogP contribution in [0.25, 0.3) is 22.3 Å². The second kappa shape index (κ2) is 5.81. The van der Waals surface area contributed by atoms with Gasteiger partial charge in [-0.3, -0.25) is 4.98 Å². The number of anilines is 1. The lowest BCUT2D eigenvalue weighted by Crippen LogP contribution is -1.98. The van der Waals surface area contributed by atoms with Crippen LogP contribution in [0.2, 0.25) is 0 Å². The number of hydrogen-bond acceptors (Lipinski definition) is 5. The summed E-state index contributed by atoms with van der Waals surface area (Å²) in [5.41, 5.74) is 9.45. The molecule has 0 aliphatic carbocycles. The number of nitrogens with zero attached hydrogens (tertiary/aromatic N) is 2. The van der Waals surface area contributed by atoms with Gasteiger partial charge in [0.1, 0.15) is 5.82 Å². The molecule has 0 aliphatic heterocycles. The minimum atomic E-state index is -3.22. The maximum absolute atomic E-state index is 11.6. The highest BCUT2D eigenvalue weighted by Gasteiger charge is 2.13. The van der Waals surface area contributed by atoms with Crippen molar-refractivity contribution in [3.8, 4) is 22.3 Å². The third-order valence-corrected chi connectivity index (χ3v) is 4.65. The van der Waals surface area contributed by atoms with Crippen LogP contribution < -0.4 is 5.73 Å². The van der Waals surface area contributed by atoms with Crippen LogP contribution in [0.15, 0.2) is 66.0 Å². The molecular formula is C17H15N3O2S. The van der Waals surface area contributed by atoms with E-state index in [4.69, 9.17) is 5.73 Å². The molecule has 2 N–H and O–H groups in total. The van der Waals surface area contributed by atoms with E-state index in [1.54, 1.807) is 42.9 Å². The Balaban J connectivity index is 2.16. The van der Waals surface area contributed by atoms with E-state index in [1.165, 1.54) is 6.26 Å². The Morgan fingerprint density at radius 1 is 0.957 bits per heavy atom. The average Bonchev–Trinajstić information content (AvgIpc) is 2.55. The summed E-state index contributed by atoms with van der Waals surface area (Å²) in [5.74, 6) is 0.405. The van der Waals surface area contributed by atoms with Gasteiger partial charge in [0, 0.05) is 36.0 Å². The summed E-state index contributed by atoms with van der Waals surface area (Å²) in [6.07, 6.45) is 6.24. The number of nitrogens with two attached hydrogens (primary N) is 1. The second-order valence-electron chi connectivity index (χ2n) is 5.16. The highest BCUT2D eigenvalue weighted by atomic mass is 32.2. The molecule has 3 rings (SSSR count). The van der Waals surface area contributed by atoms with Crippen LogP contribution >= 0.6 is 0 Å². The minimum absolute atomic E-state index is 0.284. The monoisotopic (exact) mass is 325 g/mol. The molecule has 0 amide bonds. The lowest BCUT2D eigenvalue weighted by molar-refractivity contribution is 0.602. The van der Waals surface area contributed by atoms with Crippen molar-refractivity contribution >= 4 is 15.7 Å². The third kappa shape index (κ3) is 3.07. The Bertz CT molecular complexity index is 937. The smallest absolute Gasteiger partial charge is 0.175 e. The third-order valence-electron chi connectivity index (χ3n) is 3.52. The molecule has 0 aliphatic rings. The summed E-state index contributed by atoms with van der Waals surface area (Å²) in [5, 5.41) is 0. The van der Waals surface area contributed by atoms with Crippen molar-refractivity contribution in [3.05, 3.63) is 61.1 Å². The Kier molecular flexibility index (Phi) is 3.83. The number of pyridine rings is 2. The van der Waals surface area contributed by atoms with Crippen molar-refractivity contribution < 1.29 is 8.42 Å². The highest BCUT2D eigenvalue weighted by Crippen LogP contribution is 2.35. The zero-order valence-corrected chi connectivity index (χ0v) is 13.3. The van der Waals surface area contributed by atoms with Crippen LogP contribution in [-0.4, -0.2) is 24.6 Å². The lowest BCUT2D eigenvalue weighted by Gasteiger charge is -2.12. The van der Waals surface area contributed by atoms with Crippen LogP contribution in [0.3, 0.4) is 0 Å². The Morgan fingerprint density at radius 3 is 2.30 bits per heavy atom. The molecule has 2 heterocycles. The van der Waals surface area contributed by atoms with Gasteiger partial charge in [-0.1, -0.05) is 18.2 Å². The molecule has 0 atom stereocenters. The van der Waals surface area contributed by atoms with E-state index >= 15 is 0 Å². The Labute approximate surface area is 134 Å². The SMILES string of the molecule is CS(=O)(=O)c1ccc(-c2ccnc(N)c2-c2cccnc2)cc1. The first-order valence-electron chi connectivity index (χ1n) is 6.92. The summed E-state index contributed by atoms with van der Waals surface area (Å²) >= 11 is 0. The van der Waals surface area contributed by atoms with Gasteiger partial charge in [-0.05, 0) is 35.4 Å². The minimum Gasteiger partial charge on any atom is -0.383 e. The lowest BCUT2D eigenvalue weighted by atomic mass is 9.96. The molecule has 5 nitrogen and oxygen atoms in total.